The van der Waals surface area contributed by atoms with Gasteiger partial charge in [-0.1, -0.05) is 66.7 Å². The number of benzene rings is 2. The van der Waals surface area contributed by atoms with Gasteiger partial charge in [0.1, 0.15) is 12.2 Å². The first-order valence-electron chi connectivity index (χ1n) is 14.6. The van der Waals surface area contributed by atoms with Crippen LogP contribution in [0.5, 0.6) is 0 Å². The summed E-state index contributed by atoms with van der Waals surface area (Å²) < 4.78 is 41.2. The number of aromatic nitrogens is 3. The van der Waals surface area contributed by atoms with Gasteiger partial charge in [0, 0.05) is 18.3 Å². The van der Waals surface area contributed by atoms with E-state index < -0.39 is 17.3 Å². The number of thiophene rings is 1. The largest absolute Gasteiger partial charge is 0.416 e. The molecule has 238 valence electrons. The van der Waals surface area contributed by atoms with Crippen molar-refractivity contribution in [2.24, 2.45) is 0 Å². The average Bonchev–Trinajstić information content (AvgIpc) is 3.45. The molecule has 0 spiro atoms. The molecular formula is C32H33ClF3N5O2S2. The molecule has 7 nitrogen and oxygen atoms in total. The maximum absolute atomic E-state index is 14.0. The number of thioether (sulfide) groups is 1. The Balaban J connectivity index is 1.37. The van der Waals surface area contributed by atoms with Crippen molar-refractivity contribution in [1.82, 2.24) is 24.6 Å². The summed E-state index contributed by atoms with van der Waals surface area (Å²) in [6.45, 7) is 3.86. The summed E-state index contributed by atoms with van der Waals surface area (Å²) in [4.78, 5) is 35.0. The lowest BCUT2D eigenvalue weighted by atomic mass is 10.0. The van der Waals surface area contributed by atoms with E-state index in [1.807, 2.05) is 47.5 Å². The first-order chi connectivity index (χ1) is 21.5. The summed E-state index contributed by atoms with van der Waals surface area (Å²) >= 11 is 8.85. The van der Waals surface area contributed by atoms with Crippen molar-refractivity contribution in [3.63, 3.8) is 0 Å². The van der Waals surface area contributed by atoms with Gasteiger partial charge in [0.25, 0.3) is 5.56 Å². The van der Waals surface area contributed by atoms with Crippen LogP contribution in [0.4, 0.5) is 13.2 Å². The van der Waals surface area contributed by atoms with E-state index in [0.29, 0.717) is 39.5 Å². The minimum Gasteiger partial charge on any atom is -0.334 e. The third kappa shape index (κ3) is 8.55. The normalized spacial score (nSPS) is 14.5. The molecule has 0 saturated carbocycles. The van der Waals surface area contributed by atoms with Crippen LogP contribution in [0.1, 0.15) is 42.1 Å². The molecule has 1 saturated heterocycles. The molecule has 1 fully saturated rings. The van der Waals surface area contributed by atoms with Gasteiger partial charge in [-0.2, -0.15) is 23.3 Å². The Labute approximate surface area is 273 Å². The molecule has 0 aliphatic carbocycles. The molecule has 3 heterocycles. The predicted octanol–water partition coefficient (Wildman–Crippen LogP) is 7.02. The smallest absolute Gasteiger partial charge is 0.334 e. The van der Waals surface area contributed by atoms with E-state index in [1.54, 1.807) is 0 Å². The minimum atomic E-state index is -4.39. The van der Waals surface area contributed by atoms with Crippen LogP contribution in [-0.4, -0.2) is 56.7 Å². The number of alkyl halides is 3. The lowest BCUT2D eigenvalue weighted by molar-refractivity contribution is -0.138. The zero-order valence-corrected chi connectivity index (χ0v) is 27.3. The van der Waals surface area contributed by atoms with Crippen LogP contribution < -0.4 is 5.56 Å². The molecule has 5 rings (SSSR count). The first kappa shape index (κ1) is 33.2. The van der Waals surface area contributed by atoms with E-state index in [2.05, 4.69) is 22.0 Å². The Kier molecular flexibility index (Phi) is 10.7. The molecule has 2 aromatic heterocycles. The molecule has 0 unspecified atom stereocenters. The van der Waals surface area contributed by atoms with Crippen LogP contribution in [0, 0.1) is 0 Å². The summed E-state index contributed by atoms with van der Waals surface area (Å²) in [6.07, 6.45) is -2.34. The number of nitrogens with zero attached hydrogens (tertiary/aromatic N) is 5. The van der Waals surface area contributed by atoms with Crippen molar-refractivity contribution in [2.45, 2.75) is 62.4 Å². The molecule has 45 heavy (non-hydrogen) atoms. The second-order valence-corrected chi connectivity index (χ2v) is 13.5. The number of aryl methyl sites for hydroxylation is 1. The molecule has 4 aromatic rings. The molecule has 0 N–H and O–H groups in total. The molecule has 0 atom stereocenters. The van der Waals surface area contributed by atoms with Crippen LogP contribution in [0.15, 0.2) is 69.9 Å². The quantitative estimate of drug-likeness (QED) is 0.168. The van der Waals surface area contributed by atoms with Crippen LogP contribution in [0.25, 0.3) is 11.1 Å². The Morgan fingerprint density at radius 3 is 2.29 bits per heavy atom. The molecule has 0 bridgehead atoms. The molecule has 2 aromatic carbocycles. The van der Waals surface area contributed by atoms with Gasteiger partial charge < -0.3 is 9.80 Å². The number of halogens is 4. The minimum absolute atomic E-state index is 0.0188. The molecule has 13 heteroatoms. The maximum Gasteiger partial charge on any atom is 0.416 e. The summed E-state index contributed by atoms with van der Waals surface area (Å²) in [5.41, 5.74) is 2.58. The fraction of sp³-hybridized carbons (Fsp3) is 0.375. The van der Waals surface area contributed by atoms with E-state index in [4.69, 9.17) is 11.6 Å². The third-order valence-corrected chi connectivity index (χ3v) is 10.00. The van der Waals surface area contributed by atoms with Gasteiger partial charge in [0.15, 0.2) is 5.16 Å². The number of carbonyl (C=O) groups excluding carboxylic acids is 1. The van der Waals surface area contributed by atoms with E-state index in [1.165, 1.54) is 39.9 Å². The number of piperidine rings is 1. The molecule has 0 radical (unpaired) electrons. The van der Waals surface area contributed by atoms with E-state index in [0.717, 1.165) is 54.8 Å². The second kappa shape index (κ2) is 14.5. The highest BCUT2D eigenvalue weighted by molar-refractivity contribution is 7.98. The Hall–Kier alpha value is -3.19. The van der Waals surface area contributed by atoms with Crippen LogP contribution in [-0.2, 0) is 36.2 Å². The fourth-order valence-corrected chi connectivity index (χ4v) is 7.12. The highest BCUT2D eigenvalue weighted by Gasteiger charge is 2.30. The Bertz CT molecular complexity index is 1670. The number of amides is 1. The van der Waals surface area contributed by atoms with Crippen molar-refractivity contribution < 1.29 is 18.0 Å². The predicted molar refractivity (Wildman–Crippen MR) is 173 cm³/mol. The van der Waals surface area contributed by atoms with E-state index in [9.17, 15) is 22.8 Å². The molecule has 1 aliphatic rings. The number of hydrogen-bond donors (Lipinski definition) is 0. The fourth-order valence-electron chi connectivity index (χ4n) is 5.24. The van der Waals surface area contributed by atoms with Gasteiger partial charge in [-0.05, 0) is 85.2 Å². The highest BCUT2D eigenvalue weighted by atomic mass is 35.5. The van der Waals surface area contributed by atoms with Gasteiger partial charge in [0.2, 0.25) is 5.91 Å². The highest BCUT2D eigenvalue weighted by Crippen LogP contribution is 2.31. The van der Waals surface area contributed by atoms with Crippen LogP contribution in [0.2, 0.25) is 4.34 Å². The molecular weight excluding hydrogens is 643 g/mol. The topological polar surface area (TPSA) is 71.3 Å². The average molecular weight is 676 g/mol. The van der Waals surface area contributed by atoms with E-state index >= 15 is 0 Å². The zero-order valence-electron chi connectivity index (χ0n) is 24.9. The summed E-state index contributed by atoms with van der Waals surface area (Å²) in [7, 11) is 2.06. The van der Waals surface area contributed by atoms with Crippen molar-refractivity contribution in [2.75, 3.05) is 20.1 Å². The van der Waals surface area contributed by atoms with Gasteiger partial charge in [-0.25, -0.2) is 4.68 Å². The number of carbonyl (C=O) groups is 1. The molecule has 1 amide bonds. The van der Waals surface area contributed by atoms with Gasteiger partial charge in [0.05, 0.1) is 9.90 Å². The zero-order chi connectivity index (χ0) is 32.1. The van der Waals surface area contributed by atoms with Crippen LogP contribution in [0.3, 0.4) is 0 Å². The third-order valence-electron chi connectivity index (χ3n) is 7.82. The molecule has 1 aliphatic heterocycles. The van der Waals surface area contributed by atoms with Crippen molar-refractivity contribution >= 4 is 40.6 Å². The van der Waals surface area contributed by atoms with Crippen molar-refractivity contribution in [3.05, 3.63) is 97.1 Å². The van der Waals surface area contributed by atoms with E-state index in [-0.39, 0.29) is 18.5 Å². The summed E-state index contributed by atoms with van der Waals surface area (Å²) in [5.74, 6) is 0.401. The van der Waals surface area contributed by atoms with Gasteiger partial charge in [-0.15, -0.1) is 11.3 Å². The van der Waals surface area contributed by atoms with Crippen molar-refractivity contribution in [3.8, 4) is 11.1 Å². The summed E-state index contributed by atoms with van der Waals surface area (Å²) in [6, 6.07) is 14.5. The lowest BCUT2D eigenvalue weighted by Gasteiger charge is -2.37. The Morgan fingerprint density at radius 2 is 1.71 bits per heavy atom. The monoisotopic (exact) mass is 675 g/mol. The number of likely N-dealkylation sites (tertiary alicyclic amines) is 1. The number of hydrogen-bond acceptors (Lipinski definition) is 7. The Morgan fingerprint density at radius 1 is 1.07 bits per heavy atom. The number of rotatable bonds is 10. The lowest BCUT2D eigenvalue weighted by Crippen LogP contribution is -2.47. The first-order valence-corrected chi connectivity index (χ1v) is 16.8. The SMILES string of the molecule is CCc1nn(CC(=O)N(Cc2ccc(-c3ccc(C(F)(F)F)cc3)cc2)C2CCN(C)CC2)c(SCc2csc(Cl)c2)nc1=O. The van der Waals surface area contributed by atoms with Gasteiger partial charge >= 0.3 is 6.18 Å². The van der Waals surface area contributed by atoms with Crippen LogP contribution >= 0.6 is 34.7 Å². The second-order valence-electron chi connectivity index (χ2n) is 11.0. The summed E-state index contributed by atoms with van der Waals surface area (Å²) in [5, 5.41) is 6.85. The van der Waals surface area contributed by atoms with Crippen molar-refractivity contribution in [1.29, 1.82) is 0 Å². The maximum atomic E-state index is 14.0. The standard InChI is InChI=1S/C32H33ClF3N5O2S2/c1-3-27-30(43)37-31(45-20-22-16-28(33)44-19-22)41(38-27)18-29(42)40(26-12-14-39(2)15-13-26)17-21-4-6-23(7-5-21)24-8-10-25(11-9-24)32(34,35)36/h4-11,16,19,26H,3,12-15,17-18,20H2,1-2H3. The van der Waals surface area contributed by atoms with Gasteiger partial charge in [-0.3, -0.25) is 9.59 Å².